The molecule has 0 aromatic heterocycles. The minimum atomic E-state index is 0.308. The molecule has 1 N–H and O–H groups in total. The molecule has 1 unspecified atom stereocenters. The summed E-state index contributed by atoms with van der Waals surface area (Å²) >= 11 is 0. The Hall–Kier alpha value is -1.57. The lowest BCUT2D eigenvalue weighted by Gasteiger charge is -2.22. The molecule has 0 aliphatic rings. The van der Waals surface area contributed by atoms with Crippen LogP contribution in [0.5, 0.6) is 5.75 Å². The van der Waals surface area contributed by atoms with Gasteiger partial charge in [0.05, 0.1) is 19.3 Å². The van der Waals surface area contributed by atoms with E-state index in [4.69, 9.17) is 14.7 Å². The summed E-state index contributed by atoms with van der Waals surface area (Å²) in [5.74, 6) is 1.11. The fourth-order valence-corrected chi connectivity index (χ4v) is 1.93. The molecule has 4 nitrogen and oxygen atoms in total. The number of methoxy groups -OCH3 is 1. The Bertz CT molecular complexity index is 452. The third-order valence-electron chi connectivity index (χ3n) is 3.26. The van der Waals surface area contributed by atoms with E-state index >= 15 is 0 Å². The predicted octanol–water partition coefficient (Wildman–Crippen LogP) is 2.72. The van der Waals surface area contributed by atoms with Crippen molar-refractivity contribution in [2.24, 2.45) is 5.92 Å². The first-order valence-electron chi connectivity index (χ1n) is 7.00. The van der Waals surface area contributed by atoms with Gasteiger partial charge in [-0.1, -0.05) is 19.9 Å². The molecule has 20 heavy (non-hydrogen) atoms. The van der Waals surface area contributed by atoms with Crippen LogP contribution in [-0.4, -0.2) is 26.4 Å². The lowest BCUT2D eigenvalue weighted by atomic mass is 10.0. The fourth-order valence-electron chi connectivity index (χ4n) is 1.93. The summed E-state index contributed by atoms with van der Waals surface area (Å²) < 4.78 is 10.6. The zero-order valence-corrected chi connectivity index (χ0v) is 12.8. The van der Waals surface area contributed by atoms with Gasteiger partial charge in [-0.2, -0.15) is 5.26 Å². The maximum Gasteiger partial charge on any atom is 0.136 e. The molecule has 0 bridgehead atoms. The molecule has 1 rings (SSSR count). The van der Waals surface area contributed by atoms with Crippen LogP contribution >= 0.6 is 0 Å². The third-order valence-corrected chi connectivity index (χ3v) is 3.26. The van der Waals surface area contributed by atoms with E-state index in [2.05, 4.69) is 25.2 Å². The van der Waals surface area contributed by atoms with Crippen molar-refractivity contribution in [3.8, 4) is 11.8 Å². The van der Waals surface area contributed by atoms with E-state index < -0.39 is 0 Å². The van der Waals surface area contributed by atoms with Gasteiger partial charge >= 0.3 is 0 Å². The number of nitrogens with one attached hydrogen (secondary N) is 1. The zero-order chi connectivity index (χ0) is 15.0. The smallest absolute Gasteiger partial charge is 0.136 e. The highest BCUT2D eigenvalue weighted by Gasteiger charge is 2.13. The SMILES string of the molecule is CCOCC(NCc1ccc(OC)c(C#N)c1)C(C)C. The van der Waals surface area contributed by atoms with Crippen molar-refractivity contribution in [2.45, 2.75) is 33.4 Å². The van der Waals surface area contributed by atoms with Gasteiger partial charge in [0.15, 0.2) is 0 Å². The Morgan fingerprint density at radius 3 is 2.65 bits per heavy atom. The normalized spacial score (nSPS) is 12.2. The van der Waals surface area contributed by atoms with Gasteiger partial charge in [-0.25, -0.2) is 0 Å². The zero-order valence-electron chi connectivity index (χ0n) is 12.8. The second-order valence-corrected chi connectivity index (χ2v) is 5.04. The molecule has 0 saturated heterocycles. The molecule has 0 heterocycles. The fraction of sp³-hybridized carbons (Fsp3) is 0.562. The summed E-state index contributed by atoms with van der Waals surface area (Å²) in [7, 11) is 1.57. The number of nitrogens with zero attached hydrogens (tertiary/aromatic N) is 1. The molecule has 1 aromatic carbocycles. The van der Waals surface area contributed by atoms with Crippen LogP contribution in [0.3, 0.4) is 0 Å². The van der Waals surface area contributed by atoms with Crippen LogP contribution in [0.1, 0.15) is 31.9 Å². The van der Waals surface area contributed by atoms with E-state index in [1.807, 2.05) is 25.1 Å². The maximum atomic E-state index is 9.09. The molecule has 0 saturated carbocycles. The lowest BCUT2D eigenvalue weighted by molar-refractivity contribution is 0.108. The number of hydrogen-bond donors (Lipinski definition) is 1. The minimum absolute atomic E-state index is 0.308. The Kier molecular flexibility index (Phi) is 7.06. The molecule has 0 fully saturated rings. The van der Waals surface area contributed by atoms with Crippen molar-refractivity contribution in [3.63, 3.8) is 0 Å². The average Bonchev–Trinajstić information content (AvgIpc) is 2.46. The van der Waals surface area contributed by atoms with E-state index in [1.165, 1.54) is 0 Å². The van der Waals surface area contributed by atoms with Crippen LogP contribution in [0.2, 0.25) is 0 Å². The van der Waals surface area contributed by atoms with Gasteiger partial charge in [-0.3, -0.25) is 0 Å². The maximum absolute atomic E-state index is 9.09. The van der Waals surface area contributed by atoms with Crippen molar-refractivity contribution in [2.75, 3.05) is 20.3 Å². The summed E-state index contributed by atoms with van der Waals surface area (Å²) in [5.41, 5.74) is 1.64. The van der Waals surface area contributed by atoms with Crippen molar-refractivity contribution < 1.29 is 9.47 Å². The van der Waals surface area contributed by atoms with Crippen LogP contribution < -0.4 is 10.1 Å². The Morgan fingerprint density at radius 1 is 1.35 bits per heavy atom. The third kappa shape index (κ3) is 4.84. The summed E-state index contributed by atoms with van der Waals surface area (Å²) in [4.78, 5) is 0. The van der Waals surface area contributed by atoms with Crippen molar-refractivity contribution >= 4 is 0 Å². The molecule has 0 aliphatic carbocycles. The predicted molar refractivity (Wildman–Crippen MR) is 79.7 cm³/mol. The van der Waals surface area contributed by atoms with Crippen LogP contribution in [0.25, 0.3) is 0 Å². The molecule has 1 atom stereocenters. The number of benzene rings is 1. The highest BCUT2D eigenvalue weighted by atomic mass is 16.5. The number of rotatable bonds is 8. The summed E-state index contributed by atoms with van der Waals surface area (Å²) in [6.45, 7) is 8.49. The first-order chi connectivity index (χ1) is 9.62. The average molecular weight is 276 g/mol. The first-order valence-corrected chi connectivity index (χ1v) is 7.00. The molecule has 0 radical (unpaired) electrons. The number of hydrogen-bond acceptors (Lipinski definition) is 4. The van der Waals surface area contributed by atoms with Gasteiger partial charge in [-0.05, 0) is 30.5 Å². The molecule has 4 heteroatoms. The van der Waals surface area contributed by atoms with Gasteiger partial charge in [0.1, 0.15) is 11.8 Å². The van der Waals surface area contributed by atoms with E-state index in [9.17, 15) is 0 Å². The lowest BCUT2D eigenvalue weighted by Crippen LogP contribution is -2.37. The topological polar surface area (TPSA) is 54.3 Å². The largest absolute Gasteiger partial charge is 0.495 e. The molecule has 0 spiro atoms. The highest BCUT2D eigenvalue weighted by molar-refractivity contribution is 5.45. The van der Waals surface area contributed by atoms with Crippen LogP contribution in [0.4, 0.5) is 0 Å². The van der Waals surface area contributed by atoms with Gasteiger partial charge in [-0.15, -0.1) is 0 Å². The summed E-state index contributed by atoms with van der Waals surface area (Å²) in [5, 5.41) is 12.6. The highest BCUT2D eigenvalue weighted by Crippen LogP contribution is 2.19. The molecule has 0 amide bonds. The Labute approximate surface area is 121 Å². The summed E-state index contributed by atoms with van der Waals surface area (Å²) in [6, 6.07) is 8.14. The van der Waals surface area contributed by atoms with E-state index in [1.54, 1.807) is 7.11 Å². The van der Waals surface area contributed by atoms with Gasteiger partial charge in [0.2, 0.25) is 0 Å². The Balaban J connectivity index is 2.66. The van der Waals surface area contributed by atoms with Gasteiger partial charge in [0, 0.05) is 19.2 Å². The van der Waals surface area contributed by atoms with Gasteiger partial charge in [0.25, 0.3) is 0 Å². The molecule has 1 aromatic rings. The van der Waals surface area contributed by atoms with E-state index in [-0.39, 0.29) is 0 Å². The molecule has 110 valence electrons. The molecule has 0 aliphatic heterocycles. The second kappa shape index (κ2) is 8.57. The van der Waals surface area contributed by atoms with E-state index in [0.717, 1.165) is 12.2 Å². The molecular formula is C16H24N2O2. The van der Waals surface area contributed by atoms with Crippen LogP contribution in [0.15, 0.2) is 18.2 Å². The molecular weight excluding hydrogens is 252 g/mol. The second-order valence-electron chi connectivity index (χ2n) is 5.04. The quantitative estimate of drug-likeness (QED) is 0.793. The van der Waals surface area contributed by atoms with E-state index in [0.29, 0.717) is 36.4 Å². The minimum Gasteiger partial charge on any atom is -0.495 e. The Morgan fingerprint density at radius 2 is 2.10 bits per heavy atom. The van der Waals surface area contributed by atoms with Crippen molar-refractivity contribution in [1.82, 2.24) is 5.32 Å². The number of ether oxygens (including phenoxy) is 2. The summed E-state index contributed by atoms with van der Waals surface area (Å²) in [6.07, 6.45) is 0. The van der Waals surface area contributed by atoms with Crippen molar-refractivity contribution in [3.05, 3.63) is 29.3 Å². The standard InChI is InChI=1S/C16H24N2O2/c1-5-20-11-15(12(2)3)18-10-13-6-7-16(19-4)14(8-13)9-17/h6-8,12,15,18H,5,10-11H2,1-4H3. The van der Waals surface area contributed by atoms with Crippen LogP contribution in [-0.2, 0) is 11.3 Å². The van der Waals surface area contributed by atoms with Crippen molar-refractivity contribution in [1.29, 1.82) is 5.26 Å². The van der Waals surface area contributed by atoms with Crippen LogP contribution in [0, 0.1) is 17.2 Å². The monoisotopic (exact) mass is 276 g/mol. The number of nitriles is 1. The first kappa shape index (κ1) is 16.5. The van der Waals surface area contributed by atoms with Gasteiger partial charge < -0.3 is 14.8 Å².